The molecule has 0 radical (unpaired) electrons. The number of sulfonamides is 1. The minimum absolute atomic E-state index is 0.409. The van der Waals surface area contributed by atoms with Gasteiger partial charge in [0.25, 0.3) is 10.0 Å². The van der Waals surface area contributed by atoms with E-state index in [1.54, 1.807) is 24.5 Å². The average molecular weight is 444 g/mol. The minimum atomic E-state index is -3.38. The molecule has 0 aliphatic rings. The van der Waals surface area contributed by atoms with Gasteiger partial charge in [0.05, 0.1) is 17.2 Å². The van der Waals surface area contributed by atoms with E-state index in [4.69, 9.17) is 0 Å². The average Bonchev–Trinajstić information content (AvgIpc) is 3.29. The molecule has 0 unspecified atom stereocenters. The summed E-state index contributed by atoms with van der Waals surface area (Å²) in [6.07, 6.45) is 0.737. The van der Waals surface area contributed by atoms with Crippen LogP contribution in [0.5, 0.6) is 0 Å². The van der Waals surface area contributed by atoms with E-state index in [9.17, 15) is 8.42 Å². The van der Waals surface area contributed by atoms with Gasteiger partial charge in [-0.25, -0.2) is 13.4 Å². The number of hydrogen-bond acceptors (Lipinski definition) is 6. The number of nitrogens with one attached hydrogen (secondary N) is 1. The Morgan fingerprint density at radius 3 is 2.57 bits per heavy atom. The number of rotatable bonds is 9. The van der Waals surface area contributed by atoms with Crippen LogP contribution in [0.15, 0.2) is 26.7 Å². The third-order valence-electron chi connectivity index (χ3n) is 4.23. The molecule has 0 aliphatic carbocycles. The molecular weight excluding hydrogens is 414 g/mol. The number of thiazole rings is 1. The second-order valence-corrected chi connectivity index (χ2v) is 10.6. The summed E-state index contributed by atoms with van der Waals surface area (Å²) >= 11 is 2.98. The molecular formula is C18H29N5O2S3. The van der Waals surface area contributed by atoms with Crippen molar-refractivity contribution < 1.29 is 8.42 Å². The molecule has 0 spiro atoms. The SMILES string of the molecule is CCN(CC)S(=O)(=O)c1ccc(CCNC(=NC)N(C)Cc2csc(C)n2)s1. The number of aromatic nitrogens is 1. The molecule has 10 heteroatoms. The number of hydrogen-bond donors (Lipinski definition) is 1. The van der Waals surface area contributed by atoms with Gasteiger partial charge < -0.3 is 10.2 Å². The molecule has 0 amide bonds. The highest BCUT2D eigenvalue weighted by molar-refractivity contribution is 7.91. The molecule has 28 heavy (non-hydrogen) atoms. The van der Waals surface area contributed by atoms with Crippen LogP contribution in [0.4, 0.5) is 0 Å². The summed E-state index contributed by atoms with van der Waals surface area (Å²) in [6.45, 7) is 8.04. The van der Waals surface area contributed by atoms with Crippen molar-refractivity contribution in [2.45, 2.75) is 37.9 Å². The Labute approximate surface area is 176 Å². The molecule has 0 fully saturated rings. The van der Waals surface area contributed by atoms with E-state index in [0.29, 0.717) is 30.4 Å². The van der Waals surface area contributed by atoms with Crippen LogP contribution in [-0.4, -0.2) is 62.3 Å². The molecule has 0 bridgehead atoms. The van der Waals surface area contributed by atoms with Gasteiger partial charge in [0.15, 0.2) is 5.96 Å². The first-order valence-corrected chi connectivity index (χ1v) is 12.4. The molecule has 0 aromatic carbocycles. The zero-order chi connectivity index (χ0) is 20.7. The van der Waals surface area contributed by atoms with Crippen molar-refractivity contribution in [2.24, 2.45) is 4.99 Å². The predicted molar refractivity (Wildman–Crippen MR) is 118 cm³/mol. The maximum atomic E-state index is 12.6. The zero-order valence-corrected chi connectivity index (χ0v) is 19.5. The number of guanidine groups is 1. The molecule has 1 N–H and O–H groups in total. The van der Waals surface area contributed by atoms with E-state index in [1.165, 1.54) is 15.6 Å². The van der Waals surface area contributed by atoms with Crippen LogP contribution in [0.1, 0.15) is 29.4 Å². The van der Waals surface area contributed by atoms with Gasteiger partial charge in [0, 0.05) is 44.0 Å². The molecule has 7 nitrogen and oxygen atoms in total. The van der Waals surface area contributed by atoms with Crippen LogP contribution in [0, 0.1) is 6.92 Å². The van der Waals surface area contributed by atoms with Crippen molar-refractivity contribution >= 4 is 38.7 Å². The van der Waals surface area contributed by atoms with Gasteiger partial charge in [-0.15, -0.1) is 22.7 Å². The quantitative estimate of drug-likeness (QED) is 0.476. The van der Waals surface area contributed by atoms with Gasteiger partial charge in [-0.2, -0.15) is 4.31 Å². The fourth-order valence-corrected chi connectivity index (χ4v) is 6.37. The van der Waals surface area contributed by atoms with E-state index in [2.05, 4.69) is 20.7 Å². The lowest BCUT2D eigenvalue weighted by molar-refractivity contribution is 0.447. The molecule has 0 atom stereocenters. The Morgan fingerprint density at radius 1 is 1.29 bits per heavy atom. The fraction of sp³-hybridized carbons (Fsp3) is 0.556. The lowest BCUT2D eigenvalue weighted by atomic mass is 10.3. The third kappa shape index (κ3) is 5.76. The van der Waals surface area contributed by atoms with Crippen LogP contribution in [0.2, 0.25) is 0 Å². The van der Waals surface area contributed by atoms with E-state index >= 15 is 0 Å². The van der Waals surface area contributed by atoms with Gasteiger partial charge in [-0.3, -0.25) is 4.99 Å². The summed E-state index contributed by atoms with van der Waals surface area (Å²) in [5.74, 6) is 0.790. The number of aliphatic imine (C=N–C) groups is 1. The van der Waals surface area contributed by atoms with E-state index in [-0.39, 0.29) is 0 Å². The molecule has 0 saturated carbocycles. The second kappa shape index (κ2) is 10.3. The lowest BCUT2D eigenvalue weighted by Crippen LogP contribution is -2.39. The van der Waals surface area contributed by atoms with E-state index in [1.807, 2.05) is 38.8 Å². The highest BCUT2D eigenvalue weighted by Gasteiger charge is 2.23. The lowest BCUT2D eigenvalue weighted by Gasteiger charge is -2.21. The van der Waals surface area contributed by atoms with Crippen molar-refractivity contribution in [3.05, 3.63) is 33.1 Å². The molecule has 2 aromatic heterocycles. The van der Waals surface area contributed by atoms with Crippen molar-refractivity contribution in [1.82, 2.24) is 19.5 Å². The summed E-state index contributed by atoms with van der Waals surface area (Å²) in [5.41, 5.74) is 1.03. The molecule has 2 aromatic rings. The maximum absolute atomic E-state index is 12.6. The molecule has 2 rings (SSSR count). The number of aryl methyl sites for hydroxylation is 1. The fourth-order valence-electron chi connectivity index (χ4n) is 2.80. The minimum Gasteiger partial charge on any atom is -0.356 e. The van der Waals surface area contributed by atoms with Gasteiger partial charge >= 0.3 is 0 Å². The van der Waals surface area contributed by atoms with Gasteiger partial charge in [0.2, 0.25) is 0 Å². The Hall–Kier alpha value is -1.49. The molecule has 0 saturated heterocycles. The van der Waals surface area contributed by atoms with Gasteiger partial charge in [0.1, 0.15) is 4.21 Å². The van der Waals surface area contributed by atoms with E-state index in [0.717, 1.165) is 28.0 Å². The number of thiophene rings is 1. The molecule has 0 aliphatic heterocycles. The first-order valence-electron chi connectivity index (χ1n) is 9.23. The standard InChI is InChI=1S/C18H29N5O2S3/c1-6-23(7-2)28(24,25)17-9-8-16(27-17)10-11-20-18(19-4)22(5)12-15-13-26-14(3)21-15/h8-9,13H,6-7,10-12H2,1-5H3,(H,19,20). The van der Waals surface area contributed by atoms with Crippen molar-refractivity contribution in [3.8, 4) is 0 Å². The Bertz CT molecular complexity index is 885. The van der Waals surface area contributed by atoms with Crippen LogP contribution >= 0.6 is 22.7 Å². The highest BCUT2D eigenvalue weighted by Crippen LogP contribution is 2.25. The third-order valence-corrected chi connectivity index (χ3v) is 8.71. The zero-order valence-electron chi connectivity index (χ0n) is 17.1. The molecule has 156 valence electrons. The first kappa shape index (κ1) is 22.8. The Balaban J connectivity index is 1.91. The topological polar surface area (TPSA) is 77.9 Å². The Kier molecular flexibility index (Phi) is 8.41. The summed E-state index contributed by atoms with van der Waals surface area (Å²) in [5, 5.41) is 6.45. The molecule has 2 heterocycles. The first-order chi connectivity index (χ1) is 13.3. The van der Waals surface area contributed by atoms with Crippen LogP contribution < -0.4 is 5.32 Å². The second-order valence-electron chi connectivity index (χ2n) is 6.25. The summed E-state index contributed by atoms with van der Waals surface area (Å²) < 4.78 is 27.1. The number of nitrogens with zero attached hydrogens (tertiary/aromatic N) is 4. The van der Waals surface area contributed by atoms with Crippen LogP contribution in [-0.2, 0) is 23.0 Å². The van der Waals surface area contributed by atoms with Crippen LogP contribution in [0.25, 0.3) is 0 Å². The van der Waals surface area contributed by atoms with Gasteiger partial charge in [-0.05, 0) is 25.5 Å². The van der Waals surface area contributed by atoms with Crippen molar-refractivity contribution in [3.63, 3.8) is 0 Å². The van der Waals surface area contributed by atoms with Gasteiger partial charge in [-0.1, -0.05) is 13.8 Å². The predicted octanol–water partition coefficient (Wildman–Crippen LogP) is 2.79. The van der Waals surface area contributed by atoms with Crippen molar-refractivity contribution in [2.75, 3.05) is 33.7 Å². The normalized spacial score (nSPS) is 12.6. The maximum Gasteiger partial charge on any atom is 0.252 e. The van der Waals surface area contributed by atoms with Crippen molar-refractivity contribution in [1.29, 1.82) is 0 Å². The largest absolute Gasteiger partial charge is 0.356 e. The van der Waals surface area contributed by atoms with E-state index < -0.39 is 10.0 Å². The summed E-state index contributed by atoms with van der Waals surface area (Å²) in [6, 6.07) is 3.60. The monoisotopic (exact) mass is 443 g/mol. The summed E-state index contributed by atoms with van der Waals surface area (Å²) in [4.78, 5) is 11.9. The van der Waals surface area contributed by atoms with Crippen LogP contribution in [0.3, 0.4) is 0 Å². The smallest absolute Gasteiger partial charge is 0.252 e. The summed E-state index contributed by atoms with van der Waals surface area (Å²) in [7, 11) is 0.352. The highest BCUT2D eigenvalue weighted by atomic mass is 32.2. The Morgan fingerprint density at radius 2 is 2.00 bits per heavy atom.